The molecule has 7 heteroatoms. The van der Waals surface area contributed by atoms with Gasteiger partial charge in [-0.15, -0.1) is 10.2 Å². The third kappa shape index (κ3) is 4.77. The number of ether oxygens (including phenoxy) is 1. The third-order valence-electron chi connectivity index (χ3n) is 5.76. The van der Waals surface area contributed by atoms with E-state index < -0.39 is 0 Å². The van der Waals surface area contributed by atoms with Crippen LogP contribution in [0.1, 0.15) is 26.7 Å². The molecule has 2 aromatic carbocycles. The lowest BCUT2D eigenvalue weighted by Crippen LogP contribution is -2.45. The fourth-order valence-corrected chi connectivity index (χ4v) is 4.95. The average Bonchev–Trinajstić information content (AvgIpc) is 3.22. The van der Waals surface area contributed by atoms with Crippen LogP contribution < -0.4 is 4.74 Å². The standard InChI is InChI=1S/C24H28N4O2S/c1-17-12-13-27(18(2)14-17)22(29)16-31-24-26-25-23(19-8-7-11-21(15-19)30-3)28(24)20-9-5-4-6-10-20/h4-11,15,17-18H,12-14,16H2,1-3H3. The monoisotopic (exact) mass is 436 g/mol. The summed E-state index contributed by atoms with van der Waals surface area (Å²) in [5.41, 5.74) is 1.87. The maximum Gasteiger partial charge on any atom is 0.233 e. The SMILES string of the molecule is COc1cccc(-c2nnc(SCC(=O)N3CCC(C)CC3C)n2-c2ccccc2)c1. The van der Waals surface area contributed by atoms with Crippen molar-refractivity contribution in [3.8, 4) is 22.8 Å². The number of aromatic nitrogens is 3. The molecule has 6 nitrogen and oxygen atoms in total. The van der Waals surface area contributed by atoms with Crippen LogP contribution >= 0.6 is 11.8 Å². The van der Waals surface area contributed by atoms with Crippen LogP contribution in [0.2, 0.25) is 0 Å². The molecule has 3 aromatic rings. The van der Waals surface area contributed by atoms with Gasteiger partial charge in [0.1, 0.15) is 5.75 Å². The van der Waals surface area contributed by atoms with Crippen LogP contribution in [0, 0.1) is 5.92 Å². The van der Waals surface area contributed by atoms with E-state index in [9.17, 15) is 4.79 Å². The van der Waals surface area contributed by atoms with Crippen molar-refractivity contribution in [3.05, 3.63) is 54.6 Å². The van der Waals surface area contributed by atoms with Gasteiger partial charge < -0.3 is 9.64 Å². The first-order valence-corrected chi connectivity index (χ1v) is 11.6. The van der Waals surface area contributed by atoms with Crippen molar-refractivity contribution in [1.82, 2.24) is 19.7 Å². The zero-order valence-electron chi connectivity index (χ0n) is 18.2. The Balaban J connectivity index is 1.61. The van der Waals surface area contributed by atoms with Gasteiger partial charge in [0, 0.05) is 23.8 Å². The van der Waals surface area contributed by atoms with Crippen LogP contribution in [0.15, 0.2) is 59.8 Å². The zero-order valence-corrected chi connectivity index (χ0v) is 19.0. The molecule has 1 aliphatic heterocycles. The van der Waals surface area contributed by atoms with Crippen LogP contribution in [-0.2, 0) is 4.79 Å². The molecular weight excluding hydrogens is 408 g/mol. The molecule has 2 unspecified atom stereocenters. The summed E-state index contributed by atoms with van der Waals surface area (Å²) in [5, 5.41) is 9.61. The lowest BCUT2D eigenvalue weighted by Gasteiger charge is -2.36. The zero-order chi connectivity index (χ0) is 21.8. The smallest absolute Gasteiger partial charge is 0.233 e. The molecule has 1 fully saturated rings. The molecule has 31 heavy (non-hydrogen) atoms. The molecule has 0 bridgehead atoms. The predicted molar refractivity (Wildman–Crippen MR) is 124 cm³/mol. The van der Waals surface area contributed by atoms with E-state index in [1.807, 2.05) is 64.1 Å². The van der Waals surface area contributed by atoms with Crippen molar-refractivity contribution in [2.24, 2.45) is 5.92 Å². The molecule has 0 radical (unpaired) electrons. The number of thioether (sulfide) groups is 1. The third-order valence-corrected chi connectivity index (χ3v) is 6.67. The fourth-order valence-electron chi connectivity index (χ4n) is 4.11. The number of rotatable bonds is 6. The number of piperidine rings is 1. The summed E-state index contributed by atoms with van der Waals surface area (Å²) in [5.74, 6) is 2.67. The molecule has 1 saturated heterocycles. The number of hydrogen-bond donors (Lipinski definition) is 0. The lowest BCUT2D eigenvalue weighted by molar-refractivity contribution is -0.132. The number of para-hydroxylation sites is 1. The topological polar surface area (TPSA) is 60.3 Å². The number of benzene rings is 2. The Hall–Kier alpha value is -2.80. The average molecular weight is 437 g/mol. The summed E-state index contributed by atoms with van der Waals surface area (Å²) in [7, 11) is 1.65. The number of nitrogens with zero attached hydrogens (tertiary/aromatic N) is 4. The summed E-state index contributed by atoms with van der Waals surface area (Å²) < 4.78 is 7.39. The van der Waals surface area contributed by atoms with Gasteiger partial charge in [-0.1, -0.05) is 49.0 Å². The van der Waals surface area contributed by atoms with Gasteiger partial charge in [0.05, 0.1) is 12.9 Å². The summed E-state index contributed by atoms with van der Waals surface area (Å²) in [6, 6.07) is 18.1. The number of amides is 1. The molecule has 1 amide bonds. The maximum absolute atomic E-state index is 12.9. The normalized spacial score (nSPS) is 18.7. The highest BCUT2D eigenvalue weighted by Crippen LogP contribution is 2.30. The van der Waals surface area contributed by atoms with Crippen LogP contribution in [0.5, 0.6) is 5.75 Å². The maximum atomic E-state index is 12.9. The van der Waals surface area contributed by atoms with Crippen LogP contribution in [0.4, 0.5) is 0 Å². The molecule has 0 aliphatic carbocycles. The first-order chi connectivity index (χ1) is 15.1. The van der Waals surface area contributed by atoms with Gasteiger partial charge in [-0.3, -0.25) is 9.36 Å². The first kappa shape index (κ1) is 21.4. The van der Waals surface area contributed by atoms with Crippen molar-refractivity contribution in [3.63, 3.8) is 0 Å². The Kier molecular flexibility index (Phi) is 6.61. The molecular formula is C24H28N4O2S. The molecule has 4 rings (SSSR count). The quantitative estimate of drug-likeness (QED) is 0.525. The highest BCUT2D eigenvalue weighted by atomic mass is 32.2. The van der Waals surface area contributed by atoms with Gasteiger partial charge >= 0.3 is 0 Å². The van der Waals surface area contributed by atoms with Crippen molar-refractivity contribution >= 4 is 17.7 Å². The Morgan fingerprint density at radius 1 is 1.13 bits per heavy atom. The van der Waals surface area contributed by atoms with Crippen molar-refractivity contribution in [2.75, 3.05) is 19.4 Å². The van der Waals surface area contributed by atoms with Gasteiger partial charge in [-0.2, -0.15) is 0 Å². The van der Waals surface area contributed by atoms with E-state index in [1.165, 1.54) is 11.8 Å². The number of likely N-dealkylation sites (tertiary alicyclic amines) is 1. The molecule has 2 atom stereocenters. The van der Waals surface area contributed by atoms with Gasteiger partial charge in [0.25, 0.3) is 0 Å². The number of carbonyl (C=O) groups excluding carboxylic acids is 1. The molecule has 1 aliphatic rings. The minimum absolute atomic E-state index is 0.162. The van der Waals surface area contributed by atoms with E-state index in [1.54, 1.807) is 7.11 Å². The van der Waals surface area contributed by atoms with E-state index >= 15 is 0 Å². The Labute approximate surface area is 187 Å². The number of carbonyl (C=O) groups is 1. The minimum Gasteiger partial charge on any atom is -0.497 e. The minimum atomic E-state index is 0.162. The van der Waals surface area contributed by atoms with Crippen LogP contribution in [0.25, 0.3) is 17.1 Å². The van der Waals surface area contributed by atoms with Crippen molar-refractivity contribution in [2.45, 2.75) is 37.9 Å². The molecule has 0 N–H and O–H groups in total. The predicted octanol–water partition coefficient (Wildman–Crippen LogP) is 4.68. The number of hydrogen-bond acceptors (Lipinski definition) is 5. The van der Waals surface area contributed by atoms with E-state index in [4.69, 9.17) is 4.74 Å². The second-order valence-electron chi connectivity index (χ2n) is 8.06. The molecule has 0 saturated carbocycles. The molecule has 2 heterocycles. The Morgan fingerprint density at radius 2 is 1.94 bits per heavy atom. The highest BCUT2D eigenvalue weighted by Gasteiger charge is 2.27. The second-order valence-corrected chi connectivity index (χ2v) is 9.01. The summed E-state index contributed by atoms with van der Waals surface area (Å²) in [4.78, 5) is 14.9. The van der Waals surface area contributed by atoms with E-state index in [2.05, 4.69) is 24.0 Å². The Bertz CT molecular complexity index is 1040. The molecule has 162 valence electrons. The highest BCUT2D eigenvalue weighted by molar-refractivity contribution is 7.99. The van der Waals surface area contributed by atoms with E-state index in [0.29, 0.717) is 16.8 Å². The summed E-state index contributed by atoms with van der Waals surface area (Å²) >= 11 is 1.44. The molecule has 1 aromatic heterocycles. The van der Waals surface area contributed by atoms with Crippen LogP contribution in [-0.4, -0.2) is 51.0 Å². The lowest BCUT2D eigenvalue weighted by atomic mass is 9.93. The first-order valence-electron chi connectivity index (χ1n) is 10.6. The van der Waals surface area contributed by atoms with Gasteiger partial charge in [-0.25, -0.2) is 0 Å². The summed E-state index contributed by atoms with van der Waals surface area (Å²) in [6.07, 6.45) is 2.14. The number of methoxy groups -OCH3 is 1. The largest absolute Gasteiger partial charge is 0.497 e. The van der Waals surface area contributed by atoms with E-state index in [-0.39, 0.29) is 11.9 Å². The summed E-state index contributed by atoms with van der Waals surface area (Å²) in [6.45, 7) is 5.24. The fraction of sp³-hybridized carbons (Fsp3) is 0.375. The second kappa shape index (κ2) is 9.56. The van der Waals surface area contributed by atoms with Gasteiger partial charge in [-0.05, 0) is 49.9 Å². The molecule has 0 spiro atoms. The van der Waals surface area contributed by atoms with E-state index in [0.717, 1.165) is 42.2 Å². The van der Waals surface area contributed by atoms with Crippen molar-refractivity contribution in [1.29, 1.82) is 0 Å². The Morgan fingerprint density at radius 3 is 2.68 bits per heavy atom. The van der Waals surface area contributed by atoms with Crippen molar-refractivity contribution < 1.29 is 9.53 Å². The van der Waals surface area contributed by atoms with Gasteiger partial charge in [0.2, 0.25) is 5.91 Å². The van der Waals surface area contributed by atoms with Gasteiger partial charge in [0.15, 0.2) is 11.0 Å². The van der Waals surface area contributed by atoms with Crippen LogP contribution in [0.3, 0.4) is 0 Å².